The van der Waals surface area contributed by atoms with E-state index in [9.17, 15) is 8.42 Å². The van der Waals surface area contributed by atoms with Crippen LogP contribution in [0.2, 0.25) is 0 Å². The van der Waals surface area contributed by atoms with E-state index in [4.69, 9.17) is 0 Å². The van der Waals surface area contributed by atoms with Crippen LogP contribution in [0.5, 0.6) is 0 Å². The lowest BCUT2D eigenvalue weighted by Crippen LogP contribution is -2.49. The molecule has 2 unspecified atom stereocenters. The molecule has 2 saturated heterocycles. The van der Waals surface area contributed by atoms with Crippen LogP contribution in [-0.4, -0.2) is 56.5 Å². The molecule has 2 aliphatic heterocycles. The van der Waals surface area contributed by atoms with Crippen molar-refractivity contribution in [2.75, 3.05) is 31.1 Å². The standard InChI is InChI=1S/C13H26N2O2S/c1-13(2,3)12-9-15(7-4-6-14-12)11-5-8-18(16,17)10-11/h11-12,14H,4-10H2,1-3H3. The lowest BCUT2D eigenvalue weighted by molar-refractivity contribution is 0.164. The summed E-state index contributed by atoms with van der Waals surface area (Å²) in [6, 6.07) is 0.697. The van der Waals surface area contributed by atoms with Crippen molar-refractivity contribution in [2.45, 2.75) is 45.7 Å². The van der Waals surface area contributed by atoms with Gasteiger partial charge in [0.05, 0.1) is 11.5 Å². The maximum Gasteiger partial charge on any atom is 0.151 e. The minimum Gasteiger partial charge on any atom is -0.312 e. The third-order valence-corrected chi connectivity index (χ3v) is 5.95. The number of rotatable bonds is 1. The Bertz CT molecular complexity index is 386. The van der Waals surface area contributed by atoms with Crippen molar-refractivity contribution < 1.29 is 8.42 Å². The van der Waals surface area contributed by atoms with Crippen molar-refractivity contribution in [3.05, 3.63) is 0 Å². The summed E-state index contributed by atoms with van der Waals surface area (Å²) in [5.74, 6) is 0.742. The van der Waals surface area contributed by atoms with Gasteiger partial charge < -0.3 is 5.32 Å². The largest absolute Gasteiger partial charge is 0.312 e. The van der Waals surface area contributed by atoms with Gasteiger partial charge in [0, 0.05) is 18.6 Å². The molecule has 4 nitrogen and oxygen atoms in total. The van der Waals surface area contributed by atoms with E-state index in [2.05, 4.69) is 31.0 Å². The fraction of sp³-hybridized carbons (Fsp3) is 1.00. The highest BCUT2D eigenvalue weighted by atomic mass is 32.2. The number of hydrogen-bond donors (Lipinski definition) is 1. The molecule has 5 heteroatoms. The van der Waals surface area contributed by atoms with Crippen LogP contribution in [0.1, 0.15) is 33.6 Å². The molecule has 1 N–H and O–H groups in total. The second kappa shape index (κ2) is 5.10. The topological polar surface area (TPSA) is 49.4 Å². The van der Waals surface area contributed by atoms with Crippen LogP contribution < -0.4 is 5.32 Å². The Kier molecular flexibility index (Phi) is 4.04. The molecule has 2 heterocycles. The van der Waals surface area contributed by atoms with E-state index in [1.807, 2.05) is 0 Å². The lowest BCUT2D eigenvalue weighted by atomic mass is 9.86. The molecule has 0 aromatic heterocycles. The van der Waals surface area contributed by atoms with Gasteiger partial charge in [-0.2, -0.15) is 0 Å². The van der Waals surface area contributed by atoms with Crippen molar-refractivity contribution in [2.24, 2.45) is 5.41 Å². The molecule has 106 valence electrons. The van der Waals surface area contributed by atoms with Gasteiger partial charge in [0.15, 0.2) is 9.84 Å². The summed E-state index contributed by atoms with van der Waals surface area (Å²) in [6.45, 7) is 9.79. The van der Waals surface area contributed by atoms with Gasteiger partial charge in [-0.15, -0.1) is 0 Å². The first kappa shape index (κ1) is 14.3. The Hall–Kier alpha value is -0.130. The molecule has 0 amide bonds. The molecule has 0 saturated carbocycles. The van der Waals surface area contributed by atoms with E-state index in [-0.39, 0.29) is 11.5 Å². The third kappa shape index (κ3) is 3.45. The molecule has 0 bridgehead atoms. The molecule has 0 spiro atoms. The second-order valence-corrected chi connectivity index (χ2v) is 9.01. The van der Waals surface area contributed by atoms with Gasteiger partial charge in [-0.05, 0) is 31.3 Å². The van der Waals surface area contributed by atoms with Gasteiger partial charge in [-0.3, -0.25) is 4.90 Å². The summed E-state index contributed by atoms with van der Waals surface area (Å²) < 4.78 is 23.2. The van der Waals surface area contributed by atoms with Crippen molar-refractivity contribution in [1.82, 2.24) is 10.2 Å². The zero-order valence-electron chi connectivity index (χ0n) is 11.8. The summed E-state index contributed by atoms with van der Waals surface area (Å²) in [4.78, 5) is 2.40. The molecule has 2 atom stereocenters. The number of hydrogen-bond acceptors (Lipinski definition) is 4. The Morgan fingerprint density at radius 3 is 2.56 bits per heavy atom. The number of nitrogens with one attached hydrogen (secondary N) is 1. The molecule has 2 rings (SSSR count). The van der Waals surface area contributed by atoms with Crippen LogP contribution in [-0.2, 0) is 9.84 Å². The molecule has 0 aromatic carbocycles. The Morgan fingerprint density at radius 2 is 2.00 bits per heavy atom. The summed E-state index contributed by atoms with van der Waals surface area (Å²) >= 11 is 0. The van der Waals surface area contributed by atoms with Crippen molar-refractivity contribution in [3.63, 3.8) is 0 Å². The Balaban J connectivity index is 2.04. The van der Waals surface area contributed by atoms with E-state index in [0.717, 1.165) is 32.5 Å². The minimum atomic E-state index is -2.77. The SMILES string of the molecule is CC(C)(C)C1CN(C2CCS(=O)(=O)C2)CCCN1. The highest BCUT2D eigenvalue weighted by Gasteiger charge is 2.36. The molecule has 0 aliphatic carbocycles. The normalized spacial score (nSPS) is 34.4. The third-order valence-electron chi connectivity index (χ3n) is 4.20. The summed E-state index contributed by atoms with van der Waals surface area (Å²) in [6.07, 6.45) is 1.93. The molecular formula is C13H26N2O2S. The van der Waals surface area contributed by atoms with E-state index in [0.29, 0.717) is 17.5 Å². The first-order valence-corrected chi connectivity index (χ1v) is 8.78. The minimum absolute atomic E-state index is 0.222. The zero-order chi connectivity index (χ0) is 13.4. The smallest absolute Gasteiger partial charge is 0.151 e. The van der Waals surface area contributed by atoms with Crippen molar-refractivity contribution in [3.8, 4) is 0 Å². The van der Waals surface area contributed by atoms with Gasteiger partial charge in [0.1, 0.15) is 0 Å². The maximum atomic E-state index is 11.6. The van der Waals surface area contributed by atoms with E-state index in [1.54, 1.807) is 0 Å². The molecule has 2 fully saturated rings. The monoisotopic (exact) mass is 274 g/mol. The van der Waals surface area contributed by atoms with Gasteiger partial charge in [0.2, 0.25) is 0 Å². The molecule has 0 aromatic rings. The summed E-state index contributed by atoms with van der Waals surface area (Å²) in [7, 11) is -2.77. The average molecular weight is 274 g/mol. The van der Waals surface area contributed by atoms with Crippen LogP contribution in [0.4, 0.5) is 0 Å². The van der Waals surface area contributed by atoms with Crippen molar-refractivity contribution >= 4 is 9.84 Å². The highest BCUT2D eigenvalue weighted by Crippen LogP contribution is 2.25. The lowest BCUT2D eigenvalue weighted by Gasteiger charge is -2.35. The van der Waals surface area contributed by atoms with Gasteiger partial charge >= 0.3 is 0 Å². The van der Waals surface area contributed by atoms with Crippen molar-refractivity contribution in [1.29, 1.82) is 0 Å². The van der Waals surface area contributed by atoms with Crippen LogP contribution in [0, 0.1) is 5.41 Å². The fourth-order valence-corrected chi connectivity index (χ4v) is 4.69. The quantitative estimate of drug-likeness (QED) is 0.771. The maximum absolute atomic E-state index is 11.6. The molecule has 18 heavy (non-hydrogen) atoms. The molecular weight excluding hydrogens is 248 g/mol. The zero-order valence-corrected chi connectivity index (χ0v) is 12.6. The van der Waals surface area contributed by atoms with E-state index in [1.165, 1.54) is 0 Å². The van der Waals surface area contributed by atoms with Crippen LogP contribution >= 0.6 is 0 Å². The second-order valence-electron chi connectivity index (χ2n) is 6.78. The van der Waals surface area contributed by atoms with Gasteiger partial charge in [0.25, 0.3) is 0 Å². The number of nitrogens with zero attached hydrogens (tertiary/aromatic N) is 1. The van der Waals surface area contributed by atoms with Gasteiger partial charge in [-0.25, -0.2) is 8.42 Å². The average Bonchev–Trinajstić information content (AvgIpc) is 2.50. The highest BCUT2D eigenvalue weighted by molar-refractivity contribution is 7.91. The molecule has 2 aliphatic rings. The Labute approximate surface area is 111 Å². The molecule has 0 radical (unpaired) electrons. The van der Waals surface area contributed by atoms with Crippen LogP contribution in [0.15, 0.2) is 0 Å². The number of sulfone groups is 1. The predicted molar refractivity (Wildman–Crippen MR) is 74.5 cm³/mol. The summed E-state index contributed by atoms with van der Waals surface area (Å²) in [5, 5.41) is 3.60. The van der Waals surface area contributed by atoms with Crippen LogP contribution in [0.3, 0.4) is 0 Å². The van der Waals surface area contributed by atoms with Crippen LogP contribution in [0.25, 0.3) is 0 Å². The van der Waals surface area contributed by atoms with E-state index >= 15 is 0 Å². The fourth-order valence-electron chi connectivity index (χ4n) is 2.92. The van der Waals surface area contributed by atoms with E-state index < -0.39 is 9.84 Å². The summed E-state index contributed by atoms with van der Waals surface area (Å²) in [5.41, 5.74) is 0.222. The Morgan fingerprint density at radius 1 is 1.28 bits per heavy atom. The predicted octanol–water partition coefficient (Wildman–Crippen LogP) is 0.884. The first-order valence-electron chi connectivity index (χ1n) is 6.96. The first-order chi connectivity index (χ1) is 8.28. The van der Waals surface area contributed by atoms with Gasteiger partial charge in [-0.1, -0.05) is 20.8 Å².